The molecule has 0 saturated carbocycles. The average molecular weight is 415 g/mol. The predicted molar refractivity (Wildman–Crippen MR) is 117 cm³/mol. The number of amides is 1. The van der Waals surface area contributed by atoms with E-state index >= 15 is 0 Å². The second-order valence-electron chi connectivity index (χ2n) is 7.18. The summed E-state index contributed by atoms with van der Waals surface area (Å²) in [5.74, 6) is 1.04. The van der Waals surface area contributed by atoms with Gasteiger partial charge in [-0.05, 0) is 36.4 Å². The Morgan fingerprint density at radius 2 is 2.00 bits per heavy atom. The molecule has 9 heteroatoms. The maximum atomic E-state index is 12.6. The van der Waals surface area contributed by atoms with Crippen LogP contribution < -0.4 is 10.7 Å². The summed E-state index contributed by atoms with van der Waals surface area (Å²) < 4.78 is 5.31. The van der Waals surface area contributed by atoms with Gasteiger partial charge in [-0.3, -0.25) is 15.3 Å². The normalized spacial score (nSPS) is 14.5. The smallest absolute Gasteiger partial charge is 0.265 e. The molecule has 1 aliphatic rings. The molecule has 31 heavy (non-hydrogen) atoms. The summed E-state index contributed by atoms with van der Waals surface area (Å²) in [7, 11) is 0. The summed E-state index contributed by atoms with van der Waals surface area (Å²) in [5, 5.41) is 13.2. The molecule has 9 nitrogen and oxygen atoms in total. The van der Waals surface area contributed by atoms with E-state index in [1.807, 2.05) is 35.3 Å². The number of fused-ring (bicyclic) bond motifs is 1. The Bertz CT molecular complexity index is 1220. The van der Waals surface area contributed by atoms with Gasteiger partial charge in [-0.25, -0.2) is 15.0 Å². The zero-order valence-corrected chi connectivity index (χ0v) is 16.7. The Hall–Kier alpha value is -3.82. The highest BCUT2D eigenvalue weighted by atomic mass is 16.5. The molecule has 5 rings (SSSR count). The Morgan fingerprint density at radius 1 is 1.10 bits per heavy atom. The van der Waals surface area contributed by atoms with Gasteiger partial charge in [0.1, 0.15) is 5.82 Å². The Kier molecular flexibility index (Phi) is 5.26. The number of H-pyrrole nitrogens is 1. The van der Waals surface area contributed by atoms with Gasteiger partial charge in [-0.15, -0.1) is 0 Å². The van der Waals surface area contributed by atoms with Crippen LogP contribution in [0.15, 0.2) is 60.9 Å². The molecule has 2 aromatic heterocycles. The first-order valence-corrected chi connectivity index (χ1v) is 10.0. The van der Waals surface area contributed by atoms with Gasteiger partial charge < -0.3 is 10.1 Å². The zero-order valence-electron chi connectivity index (χ0n) is 16.7. The van der Waals surface area contributed by atoms with E-state index < -0.39 is 0 Å². The van der Waals surface area contributed by atoms with E-state index in [1.54, 1.807) is 30.6 Å². The molecule has 156 valence electrons. The molecule has 3 heterocycles. The van der Waals surface area contributed by atoms with Crippen LogP contribution in [0, 0.1) is 0 Å². The average Bonchev–Trinajstić information content (AvgIpc) is 3.28. The van der Waals surface area contributed by atoms with E-state index in [9.17, 15) is 4.79 Å². The lowest BCUT2D eigenvalue weighted by molar-refractivity contribution is 0.0126. The first-order valence-electron chi connectivity index (χ1n) is 10.0. The fraction of sp³-hybridized carbons (Fsp3) is 0.182. The monoisotopic (exact) mass is 415 g/mol. The molecule has 4 aromatic rings. The highest BCUT2D eigenvalue weighted by Crippen LogP contribution is 2.22. The number of ether oxygens (including phenoxy) is 1. The number of aromatic amines is 1. The van der Waals surface area contributed by atoms with Crippen LogP contribution in [0.1, 0.15) is 10.4 Å². The Morgan fingerprint density at radius 3 is 2.90 bits per heavy atom. The first-order chi connectivity index (χ1) is 15.2. The maximum Gasteiger partial charge on any atom is 0.265 e. The van der Waals surface area contributed by atoms with Crippen molar-refractivity contribution in [3.8, 4) is 11.4 Å². The van der Waals surface area contributed by atoms with Crippen LogP contribution in [0.25, 0.3) is 22.3 Å². The number of morpholine rings is 1. The molecule has 1 saturated heterocycles. The second kappa shape index (κ2) is 8.50. The van der Waals surface area contributed by atoms with Crippen LogP contribution in [0.3, 0.4) is 0 Å². The number of nitrogens with one attached hydrogen (secondary N) is 3. The highest BCUT2D eigenvalue weighted by Gasteiger charge is 2.15. The van der Waals surface area contributed by atoms with Gasteiger partial charge in [-0.1, -0.05) is 12.1 Å². The molecule has 1 aliphatic heterocycles. The minimum atomic E-state index is -0.161. The third kappa shape index (κ3) is 4.37. The lowest BCUT2D eigenvalue weighted by Gasteiger charge is -2.26. The number of anilines is 2. The predicted octanol–water partition coefficient (Wildman–Crippen LogP) is 2.74. The van der Waals surface area contributed by atoms with Crippen LogP contribution in [0.5, 0.6) is 0 Å². The number of hydrazine groups is 1. The lowest BCUT2D eigenvalue weighted by Crippen LogP contribution is -2.48. The molecule has 1 fully saturated rings. The fourth-order valence-corrected chi connectivity index (χ4v) is 3.42. The summed E-state index contributed by atoms with van der Waals surface area (Å²) in [6.45, 7) is 2.57. The Labute approximate surface area is 178 Å². The number of rotatable bonds is 5. The van der Waals surface area contributed by atoms with Crippen molar-refractivity contribution in [2.75, 3.05) is 31.6 Å². The lowest BCUT2D eigenvalue weighted by atomic mass is 10.1. The van der Waals surface area contributed by atoms with Crippen LogP contribution >= 0.6 is 0 Å². The molecule has 0 unspecified atom stereocenters. The van der Waals surface area contributed by atoms with E-state index in [4.69, 9.17) is 4.74 Å². The van der Waals surface area contributed by atoms with Crippen molar-refractivity contribution in [1.82, 2.24) is 30.6 Å². The van der Waals surface area contributed by atoms with Crippen molar-refractivity contribution in [2.45, 2.75) is 0 Å². The third-order valence-corrected chi connectivity index (χ3v) is 5.02. The molecule has 0 aliphatic carbocycles. The third-order valence-electron chi connectivity index (χ3n) is 5.02. The van der Waals surface area contributed by atoms with Crippen molar-refractivity contribution >= 4 is 28.3 Å². The van der Waals surface area contributed by atoms with E-state index in [0.29, 0.717) is 43.5 Å². The maximum absolute atomic E-state index is 12.6. The molecule has 3 N–H and O–H groups in total. The molecule has 2 aromatic carbocycles. The van der Waals surface area contributed by atoms with Crippen molar-refractivity contribution in [1.29, 1.82) is 0 Å². The minimum absolute atomic E-state index is 0.161. The van der Waals surface area contributed by atoms with Gasteiger partial charge >= 0.3 is 0 Å². The molecule has 0 radical (unpaired) electrons. The summed E-state index contributed by atoms with van der Waals surface area (Å²) in [4.78, 5) is 21.6. The Balaban J connectivity index is 1.34. The van der Waals surface area contributed by atoms with Crippen molar-refractivity contribution < 1.29 is 9.53 Å². The van der Waals surface area contributed by atoms with Gasteiger partial charge in [0.25, 0.3) is 5.91 Å². The van der Waals surface area contributed by atoms with E-state index in [2.05, 4.69) is 30.9 Å². The molecule has 0 spiro atoms. The number of benzene rings is 2. The van der Waals surface area contributed by atoms with Gasteiger partial charge in [0, 0.05) is 41.5 Å². The van der Waals surface area contributed by atoms with Crippen molar-refractivity contribution in [3.05, 3.63) is 66.5 Å². The molecule has 0 atom stereocenters. The number of aromatic nitrogens is 4. The minimum Gasteiger partial charge on any atom is -0.379 e. The van der Waals surface area contributed by atoms with Crippen LogP contribution in [-0.4, -0.2) is 57.4 Å². The van der Waals surface area contributed by atoms with E-state index in [0.717, 1.165) is 22.2 Å². The quantitative estimate of drug-likeness (QED) is 0.460. The first kappa shape index (κ1) is 19.2. The van der Waals surface area contributed by atoms with Crippen LogP contribution in [0.2, 0.25) is 0 Å². The van der Waals surface area contributed by atoms with E-state index in [1.165, 1.54) is 0 Å². The number of carbonyl (C=O) groups excluding carboxylic acids is 1. The van der Waals surface area contributed by atoms with Crippen molar-refractivity contribution in [2.24, 2.45) is 0 Å². The molecular formula is C22H21N7O2. The SMILES string of the molecule is O=C(NN1CCOCC1)c1cccc(-c2nccc(Nc3ccc4[nH]ncc4c3)n2)c1. The van der Waals surface area contributed by atoms with Crippen molar-refractivity contribution in [3.63, 3.8) is 0 Å². The highest BCUT2D eigenvalue weighted by molar-refractivity contribution is 5.95. The molecular weight excluding hydrogens is 394 g/mol. The topological polar surface area (TPSA) is 108 Å². The van der Waals surface area contributed by atoms with Crippen LogP contribution in [0.4, 0.5) is 11.5 Å². The molecule has 1 amide bonds. The summed E-state index contributed by atoms with van der Waals surface area (Å²) in [5.41, 5.74) is 6.12. The summed E-state index contributed by atoms with van der Waals surface area (Å²) in [6, 6.07) is 15.0. The number of nitrogens with zero attached hydrogens (tertiary/aromatic N) is 4. The van der Waals surface area contributed by atoms with E-state index in [-0.39, 0.29) is 5.91 Å². The standard InChI is InChI=1S/C22H21N7O2/c30-22(28-29-8-10-31-11-9-29)16-3-1-2-15(12-16)21-23-7-6-20(26-21)25-18-4-5-19-17(13-18)14-24-27-19/h1-7,12-14H,8-11H2,(H,24,27)(H,28,30)(H,23,25,26). The number of hydrogen-bond acceptors (Lipinski definition) is 7. The molecule has 0 bridgehead atoms. The second-order valence-corrected chi connectivity index (χ2v) is 7.18. The summed E-state index contributed by atoms with van der Waals surface area (Å²) >= 11 is 0. The van der Waals surface area contributed by atoms with Gasteiger partial charge in [-0.2, -0.15) is 5.10 Å². The summed E-state index contributed by atoms with van der Waals surface area (Å²) in [6.07, 6.45) is 3.47. The number of carbonyl (C=O) groups is 1. The number of hydrogen-bond donors (Lipinski definition) is 3. The van der Waals surface area contributed by atoms with Crippen LogP contribution in [-0.2, 0) is 4.74 Å². The largest absolute Gasteiger partial charge is 0.379 e. The van der Waals surface area contributed by atoms with Gasteiger partial charge in [0.2, 0.25) is 0 Å². The van der Waals surface area contributed by atoms with Gasteiger partial charge in [0.05, 0.1) is 24.9 Å². The fourth-order valence-electron chi connectivity index (χ4n) is 3.42. The van der Waals surface area contributed by atoms with Gasteiger partial charge in [0.15, 0.2) is 5.82 Å². The zero-order chi connectivity index (χ0) is 21.0.